The Morgan fingerprint density at radius 2 is 1.72 bits per heavy atom. The molecule has 0 saturated carbocycles. The molecule has 3 rings (SSSR count). The summed E-state index contributed by atoms with van der Waals surface area (Å²) in [6.45, 7) is 7.53. The summed E-state index contributed by atoms with van der Waals surface area (Å²) in [5.41, 5.74) is -0.0311. The number of hydroxylamine groups is 2. The Balaban J connectivity index is 1.80. The fraction of sp³-hybridized carbons (Fsp3) is 0.619. The number of hydrogen-bond donors (Lipinski definition) is 0. The molecule has 2 heterocycles. The molecule has 2 fully saturated rings. The van der Waals surface area contributed by atoms with Gasteiger partial charge in [-0.3, -0.25) is 4.90 Å². The van der Waals surface area contributed by atoms with E-state index in [1.165, 1.54) is 7.11 Å². The number of esters is 1. The number of carbonyl (C=O) groups excluding carboxylic acids is 2. The normalized spacial score (nSPS) is 24.6. The zero-order chi connectivity index (χ0) is 21.4. The molecule has 0 radical (unpaired) electrons. The average molecular weight is 405 g/mol. The van der Waals surface area contributed by atoms with Crippen molar-refractivity contribution < 1.29 is 19.1 Å². The summed E-state index contributed by atoms with van der Waals surface area (Å²) in [7, 11) is 3.28. The molecule has 0 aromatic heterocycles. The first-order valence-corrected chi connectivity index (χ1v) is 9.94. The van der Waals surface area contributed by atoms with Gasteiger partial charge in [0, 0.05) is 38.1 Å². The molecule has 1 amide bonds. The van der Waals surface area contributed by atoms with E-state index in [0.717, 1.165) is 0 Å². The Morgan fingerprint density at radius 3 is 2.24 bits per heavy atom. The summed E-state index contributed by atoms with van der Waals surface area (Å²) in [4.78, 5) is 27.9. The van der Waals surface area contributed by atoms with Gasteiger partial charge >= 0.3 is 12.1 Å². The third-order valence-corrected chi connectivity index (χ3v) is 5.82. The van der Waals surface area contributed by atoms with Crippen molar-refractivity contribution in [1.82, 2.24) is 14.4 Å². The molecule has 2 aliphatic rings. The minimum absolute atomic E-state index is 0.329. The van der Waals surface area contributed by atoms with Crippen molar-refractivity contribution in [3.8, 4) is 0 Å². The Kier molecular flexibility index (Phi) is 5.64. The van der Waals surface area contributed by atoms with E-state index in [9.17, 15) is 14.8 Å². The number of benzene rings is 1. The summed E-state index contributed by atoms with van der Waals surface area (Å²) in [6, 6.07) is 6.72. The Bertz CT molecular complexity index is 766. The van der Waals surface area contributed by atoms with Crippen molar-refractivity contribution in [1.29, 1.82) is 0 Å². The number of quaternary nitrogens is 1. The lowest BCUT2D eigenvalue weighted by Crippen LogP contribution is -2.64. The monoisotopic (exact) mass is 405 g/mol. The van der Waals surface area contributed by atoms with Gasteiger partial charge in [0.15, 0.2) is 0 Å². The van der Waals surface area contributed by atoms with E-state index in [2.05, 4.69) is 0 Å². The maximum Gasteiger partial charge on any atom is 0.410 e. The van der Waals surface area contributed by atoms with Crippen LogP contribution >= 0.6 is 0 Å². The summed E-state index contributed by atoms with van der Waals surface area (Å²) in [6.07, 6.45) is 0.864. The van der Waals surface area contributed by atoms with Crippen LogP contribution in [0.1, 0.15) is 44.0 Å². The van der Waals surface area contributed by atoms with Crippen LogP contribution in [-0.4, -0.2) is 73.5 Å². The van der Waals surface area contributed by atoms with Gasteiger partial charge in [-0.25, -0.2) is 9.59 Å². The largest absolute Gasteiger partial charge is 0.626 e. The Morgan fingerprint density at radius 1 is 1.14 bits per heavy atom. The SMILES string of the molecule is COC(=O)c1ccc([N+]2([O-])CN(C)CC23CCN(C(=O)OC(C)(C)C)CC3)cc1. The predicted molar refractivity (Wildman–Crippen MR) is 110 cm³/mol. The molecule has 8 heteroatoms. The van der Waals surface area contributed by atoms with E-state index in [1.807, 2.05) is 32.7 Å². The van der Waals surface area contributed by atoms with Gasteiger partial charge < -0.3 is 24.2 Å². The van der Waals surface area contributed by atoms with E-state index >= 15 is 0 Å². The third kappa shape index (κ3) is 4.10. The third-order valence-electron chi connectivity index (χ3n) is 5.82. The zero-order valence-electron chi connectivity index (χ0n) is 17.9. The maximum absolute atomic E-state index is 14.1. The number of carbonyl (C=O) groups is 2. The molecule has 0 bridgehead atoms. The molecule has 2 aliphatic heterocycles. The van der Waals surface area contributed by atoms with Gasteiger partial charge in [0.1, 0.15) is 23.5 Å². The summed E-state index contributed by atoms with van der Waals surface area (Å²) in [5.74, 6) is -0.423. The maximum atomic E-state index is 14.1. The van der Waals surface area contributed by atoms with Crippen LogP contribution in [0.4, 0.5) is 10.5 Å². The van der Waals surface area contributed by atoms with E-state index < -0.39 is 21.8 Å². The van der Waals surface area contributed by atoms with Crippen molar-refractivity contribution in [2.75, 3.05) is 40.5 Å². The minimum Gasteiger partial charge on any atom is -0.626 e. The van der Waals surface area contributed by atoms with E-state index in [-0.39, 0.29) is 6.09 Å². The van der Waals surface area contributed by atoms with Crippen LogP contribution in [0.15, 0.2) is 24.3 Å². The van der Waals surface area contributed by atoms with Crippen molar-refractivity contribution >= 4 is 17.7 Å². The van der Waals surface area contributed by atoms with Crippen molar-refractivity contribution in [3.05, 3.63) is 35.0 Å². The molecule has 0 aliphatic carbocycles. The highest BCUT2D eigenvalue weighted by molar-refractivity contribution is 5.89. The van der Waals surface area contributed by atoms with Gasteiger partial charge in [0.25, 0.3) is 0 Å². The van der Waals surface area contributed by atoms with Gasteiger partial charge in [-0.15, -0.1) is 0 Å². The molecule has 1 aromatic carbocycles. The van der Waals surface area contributed by atoms with Crippen molar-refractivity contribution in [3.63, 3.8) is 0 Å². The van der Waals surface area contributed by atoms with E-state index in [0.29, 0.717) is 50.4 Å². The van der Waals surface area contributed by atoms with Gasteiger partial charge in [-0.05, 0) is 40.0 Å². The zero-order valence-corrected chi connectivity index (χ0v) is 17.9. The number of likely N-dealkylation sites (N-methyl/N-ethyl adjacent to an activating group) is 1. The van der Waals surface area contributed by atoms with Crippen LogP contribution in [0.2, 0.25) is 0 Å². The molecule has 0 N–H and O–H groups in total. The van der Waals surface area contributed by atoms with Gasteiger partial charge in [0.2, 0.25) is 0 Å². The summed E-state index contributed by atoms with van der Waals surface area (Å²) in [5, 5.41) is 14.1. The van der Waals surface area contributed by atoms with E-state index in [1.54, 1.807) is 29.2 Å². The molecular weight excluding hydrogens is 374 g/mol. The minimum atomic E-state index is -0.542. The molecular formula is C21H31N3O5. The molecule has 29 heavy (non-hydrogen) atoms. The fourth-order valence-electron chi connectivity index (χ4n) is 4.42. The number of likely N-dealkylation sites (tertiary alicyclic amines) is 1. The lowest BCUT2D eigenvalue weighted by atomic mass is 9.85. The van der Waals surface area contributed by atoms with Crippen LogP contribution in [0.3, 0.4) is 0 Å². The standard InChI is InChI=1S/C21H31N3O5/c1-20(2,3)29-19(26)23-12-10-21(11-13-23)14-22(4)15-24(21,27)17-8-6-16(7-9-17)18(25)28-5/h6-9H,10-15H2,1-5H3. The van der Waals surface area contributed by atoms with Crippen LogP contribution < -0.4 is 4.65 Å². The quantitative estimate of drug-likeness (QED) is 0.427. The summed E-state index contributed by atoms with van der Waals surface area (Å²) >= 11 is 0. The number of ether oxygens (including phenoxy) is 2. The first kappa shape index (κ1) is 21.5. The average Bonchev–Trinajstić information content (AvgIpc) is 2.90. The molecule has 1 aromatic rings. The fourth-order valence-corrected chi connectivity index (χ4v) is 4.42. The molecule has 160 valence electrons. The Labute approximate surface area is 172 Å². The van der Waals surface area contributed by atoms with Crippen LogP contribution in [0.25, 0.3) is 0 Å². The van der Waals surface area contributed by atoms with Crippen molar-refractivity contribution in [2.45, 2.75) is 44.8 Å². The Hall–Kier alpha value is -2.16. The second-order valence-corrected chi connectivity index (χ2v) is 9.13. The highest BCUT2D eigenvalue weighted by Gasteiger charge is 2.55. The number of rotatable bonds is 2. The van der Waals surface area contributed by atoms with Gasteiger partial charge in [-0.1, -0.05) is 0 Å². The number of amides is 1. The lowest BCUT2D eigenvalue weighted by Gasteiger charge is -2.53. The second kappa shape index (κ2) is 7.59. The predicted octanol–water partition coefficient (Wildman–Crippen LogP) is 2.95. The first-order chi connectivity index (χ1) is 13.5. The molecule has 1 unspecified atom stereocenters. The highest BCUT2D eigenvalue weighted by Crippen LogP contribution is 2.44. The molecule has 1 spiro atoms. The second-order valence-electron chi connectivity index (χ2n) is 9.13. The van der Waals surface area contributed by atoms with Crippen molar-refractivity contribution in [2.24, 2.45) is 0 Å². The lowest BCUT2D eigenvalue weighted by molar-refractivity contribution is 0.0104. The molecule has 8 nitrogen and oxygen atoms in total. The number of piperidine rings is 1. The van der Waals surface area contributed by atoms with Crippen LogP contribution in [-0.2, 0) is 9.47 Å². The first-order valence-electron chi connectivity index (χ1n) is 9.94. The topological polar surface area (TPSA) is 82.1 Å². The summed E-state index contributed by atoms with van der Waals surface area (Å²) < 4.78 is 9.75. The highest BCUT2D eigenvalue weighted by atomic mass is 16.6. The number of methoxy groups -OCH3 is 1. The smallest absolute Gasteiger partial charge is 0.410 e. The molecule has 2 saturated heterocycles. The van der Waals surface area contributed by atoms with E-state index in [4.69, 9.17) is 9.47 Å². The van der Waals surface area contributed by atoms with Crippen LogP contribution in [0.5, 0.6) is 0 Å². The molecule has 1 atom stereocenters. The van der Waals surface area contributed by atoms with Gasteiger partial charge in [-0.2, -0.15) is 0 Å². The number of hydrogen-bond acceptors (Lipinski definition) is 6. The van der Waals surface area contributed by atoms with Gasteiger partial charge in [0.05, 0.1) is 19.2 Å². The van der Waals surface area contributed by atoms with Crippen LogP contribution in [0, 0.1) is 5.21 Å². The number of nitrogens with zero attached hydrogens (tertiary/aromatic N) is 3.